The third-order valence-electron chi connectivity index (χ3n) is 5.43. The molecule has 0 aliphatic rings. The van der Waals surface area contributed by atoms with Crippen LogP contribution in [0.25, 0.3) is 0 Å². The van der Waals surface area contributed by atoms with Crippen LogP contribution in [-0.4, -0.2) is 32.9 Å². The van der Waals surface area contributed by atoms with Crippen molar-refractivity contribution in [1.82, 2.24) is 0 Å². The van der Waals surface area contributed by atoms with Crippen molar-refractivity contribution in [3.8, 4) is 0 Å². The summed E-state index contributed by atoms with van der Waals surface area (Å²) in [5.41, 5.74) is 2.40. The third kappa shape index (κ3) is 11.2. The van der Waals surface area contributed by atoms with E-state index in [1.807, 2.05) is 6.92 Å². The summed E-state index contributed by atoms with van der Waals surface area (Å²) in [5.74, 6) is -0.0307. The van der Waals surface area contributed by atoms with Gasteiger partial charge in [0.25, 0.3) is 0 Å². The molecule has 3 atom stereocenters. The Labute approximate surface area is 207 Å². The first-order valence-corrected chi connectivity index (χ1v) is 14.0. The Balaban J connectivity index is 2.80. The fourth-order valence-electron chi connectivity index (χ4n) is 3.39. The highest BCUT2D eigenvalue weighted by Crippen LogP contribution is 2.32. The van der Waals surface area contributed by atoms with Crippen molar-refractivity contribution in [2.75, 3.05) is 12.4 Å². The number of hydrogen-bond donors (Lipinski definition) is 1. The smallest absolute Gasteiger partial charge is 0.308 e. The molecule has 0 saturated carbocycles. The maximum Gasteiger partial charge on any atom is 0.308 e. The molecule has 0 aromatic heterocycles. The van der Waals surface area contributed by atoms with Gasteiger partial charge in [-0.2, -0.15) is 0 Å². The molecule has 180 valence electrons. The second kappa shape index (κ2) is 16.5. The zero-order valence-corrected chi connectivity index (χ0v) is 22.3. The summed E-state index contributed by atoms with van der Waals surface area (Å²) >= 11 is 8.85. The van der Waals surface area contributed by atoms with E-state index < -0.39 is 17.8 Å². The molecule has 1 aromatic rings. The van der Waals surface area contributed by atoms with E-state index in [0.717, 1.165) is 40.7 Å². The van der Waals surface area contributed by atoms with Gasteiger partial charge in [-0.1, -0.05) is 70.6 Å². The summed E-state index contributed by atoms with van der Waals surface area (Å²) in [4.78, 5) is 24.1. The molecule has 0 amide bonds. The minimum absolute atomic E-state index is 0.183. The van der Waals surface area contributed by atoms with Crippen LogP contribution >= 0.6 is 35.7 Å². The van der Waals surface area contributed by atoms with E-state index in [1.54, 1.807) is 30.4 Å². The quantitative estimate of drug-likeness (QED) is 0.155. The molecule has 0 aliphatic carbocycles. The molecule has 4 nitrogen and oxygen atoms in total. The molecule has 7 heteroatoms. The molecule has 0 spiro atoms. The Morgan fingerprint density at radius 3 is 2.31 bits per heavy atom. The number of carboxylic acids is 1. The number of thiocarbonyl (C=S) groups is 1. The Hall–Kier alpha value is -1.05. The average Bonchev–Trinajstić information content (AvgIpc) is 2.79. The van der Waals surface area contributed by atoms with Crippen molar-refractivity contribution in [2.45, 2.75) is 77.9 Å². The second-order valence-electron chi connectivity index (χ2n) is 8.16. The number of carboxylic acid groups (broad SMARTS) is 1. The van der Waals surface area contributed by atoms with Gasteiger partial charge in [-0.15, -0.1) is 23.5 Å². The third-order valence-corrected chi connectivity index (χ3v) is 8.40. The first-order valence-electron chi connectivity index (χ1n) is 11.6. The lowest BCUT2D eigenvalue weighted by Gasteiger charge is -2.23. The summed E-state index contributed by atoms with van der Waals surface area (Å²) in [6, 6.07) is 8.53. The zero-order chi connectivity index (χ0) is 23.9. The number of esters is 1. The van der Waals surface area contributed by atoms with E-state index in [4.69, 9.17) is 17.0 Å². The minimum atomic E-state index is -0.874. The Bertz CT molecular complexity index is 706. The maximum atomic E-state index is 12.7. The van der Waals surface area contributed by atoms with Gasteiger partial charge in [0.05, 0.1) is 18.4 Å². The topological polar surface area (TPSA) is 63.6 Å². The molecule has 0 fully saturated rings. The van der Waals surface area contributed by atoms with E-state index >= 15 is 0 Å². The largest absolute Gasteiger partial charge is 0.481 e. The number of rotatable bonds is 15. The van der Waals surface area contributed by atoms with E-state index in [2.05, 4.69) is 38.1 Å². The van der Waals surface area contributed by atoms with Crippen molar-refractivity contribution >= 4 is 51.2 Å². The van der Waals surface area contributed by atoms with Crippen LogP contribution in [0.1, 0.15) is 83.3 Å². The molecule has 0 heterocycles. The molecule has 1 aromatic carbocycles. The van der Waals surface area contributed by atoms with Crippen molar-refractivity contribution in [3.63, 3.8) is 0 Å². The van der Waals surface area contributed by atoms with Gasteiger partial charge < -0.3 is 9.84 Å². The highest BCUT2D eigenvalue weighted by Gasteiger charge is 2.28. The van der Waals surface area contributed by atoms with Gasteiger partial charge in [-0.3, -0.25) is 9.59 Å². The fraction of sp³-hybridized carbons (Fsp3) is 0.640. The fourth-order valence-corrected chi connectivity index (χ4v) is 5.42. The van der Waals surface area contributed by atoms with Gasteiger partial charge in [0, 0.05) is 5.75 Å². The zero-order valence-electron chi connectivity index (χ0n) is 19.8. The van der Waals surface area contributed by atoms with Crippen LogP contribution < -0.4 is 0 Å². The number of unbranched alkanes of at least 4 members (excludes halogenated alkanes) is 1. The van der Waals surface area contributed by atoms with Gasteiger partial charge in [-0.05, 0) is 54.9 Å². The Morgan fingerprint density at radius 1 is 1.06 bits per heavy atom. The molecular formula is C25H38O4S3. The number of hydrogen-bond acceptors (Lipinski definition) is 6. The molecular weight excluding hydrogens is 460 g/mol. The summed E-state index contributed by atoms with van der Waals surface area (Å²) in [5, 5.41) is 9.34. The van der Waals surface area contributed by atoms with Crippen LogP contribution in [-0.2, 0) is 20.1 Å². The van der Waals surface area contributed by atoms with Crippen LogP contribution in [0, 0.1) is 11.8 Å². The van der Waals surface area contributed by atoms with Crippen LogP contribution in [0.3, 0.4) is 0 Å². The van der Waals surface area contributed by atoms with E-state index in [0.29, 0.717) is 19.4 Å². The van der Waals surface area contributed by atoms with Crippen LogP contribution in [0.4, 0.5) is 0 Å². The standard InChI is InChI=1S/C25H38O4S3/c1-5-8-13-29-24(28)22(15-18(4)23(26)27)16-20(7-3)21-11-9-19(10-12-21)17-32-25(30)31-14-6-2/h9-12,18,20,22H,5-8,13-17H2,1-4H3,(H,26,27). The molecule has 0 bridgehead atoms. The van der Waals surface area contributed by atoms with Gasteiger partial charge in [0.15, 0.2) is 0 Å². The summed E-state index contributed by atoms with van der Waals surface area (Å²) < 4.78 is 6.44. The lowest BCUT2D eigenvalue weighted by Crippen LogP contribution is -2.25. The highest BCUT2D eigenvalue weighted by molar-refractivity contribution is 8.46. The number of carbonyl (C=O) groups excluding carboxylic acids is 1. The van der Waals surface area contributed by atoms with E-state index in [-0.39, 0.29) is 11.9 Å². The normalized spacial score (nSPS) is 13.9. The van der Waals surface area contributed by atoms with Crippen LogP contribution in [0.2, 0.25) is 0 Å². The molecule has 0 radical (unpaired) electrons. The number of benzene rings is 1. The molecule has 1 rings (SSSR count). The maximum absolute atomic E-state index is 12.7. The van der Waals surface area contributed by atoms with Crippen molar-refractivity contribution < 1.29 is 19.4 Å². The number of aliphatic carboxylic acids is 1. The summed E-state index contributed by atoms with van der Waals surface area (Å²) in [6.07, 6.45) is 4.68. The SMILES string of the molecule is CCCCOC(=O)C(CC(C)C(=O)O)CC(CC)c1ccc(CSC(=S)SCCC)cc1. The van der Waals surface area contributed by atoms with Crippen molar-refractivity contribution in [2.24, 2.45) is 11.8 Å². The number of carbonyl (C=O) groups is 2. The Kier molecular flexibility index (Phi) is 15.0. The van der Waals surface area contributed by atoms with Gasteiger partial charge in [0.1, 0.15) is 3.53 Å². The first kappa shape index (κ1) is 29.0. The van der Waals surface area contributed by atoms with E-state index in [9.17, 15) is 14.7 Å². The predicted octanol–water partition coefficient (Wildman–Crippen LogP) is 7.30. The molecule has 32 heavy (non-hydrogen) atoms. The minimum Gasteiger partial charge on any atom is -0.481 e. The number of thioether (sulfide) groups is 2. The van der Waals surface area contributed by atoms with Gasteiger partial charge in [-0.25, -0.2) is 0 Å². The van der Waals surface area contributed by atoms with Gasteiger partial charge in [0.2, 0.25) is 0 Å². The van der Waals surface area contributed by atoms with Crippen molar-refractivity contribution in [3.05, 3.63) is 35.4 Å². The van der Waals surface area contributed by atoms with Crippen LogP contribution in [0.15, 0.2) is 24.3 Å². The van der Waals surface area contributed by atoms with E-state index in [1.165, 1.54) is 11.1 Å². The van der Waals surface area contributed by atoms with Crippen LogP contribution in [0.5, 0.6) is 0 Å². The second-order valence-corrected chi connectivity index (χ2v) is 11.4. The lowest BCUT2D eigenvalue weighted by molar-refractivity contribution is -0.151. The monoisotopic (exact) mass is 498 g/mol. The molecule has 0 aliphatic heterocycles. The summed E-state index contributed by atoms with van der Waals surface area (Å²) in [6.45, 7) is 8.36. The Morgan fingerprint density at radius 2 is 1.75 bits per heavy atom. The molecule has 0 saturated heterocycles. The molecule has 1 N–H and O–H groups in total. The first-order chi connectivity index (χ1) is 15.3. The predicted molar refractivity (Wildman–Crippen MR) is 142 cm³/mol. The lowest BCUT2D eigenvalue weighted by atomic mass is 9.83. The molecule has 3 unspecified atom stereocenters. The summed E-state index contributed by atoms with van der Waals surface area (Å²) in [7, 11) is 0. The average molecular weight is 499 g/mol. The highest BCUT2D eigenvalue weighted by atomic mass is 32.2. The number of ether oxygens (including phenoxy) is 1. The van der Waals surface area contributed by atoms with Gasteiger partial charge >= 0.3 is 11.9 Å². The van der Waals surface area contributed by atoms with Crippen molar-refractivity contribution in [1.29, 1.82) is 0 Å².